The number of anilines is 1. The summed E-state index contributed by atoms with van der Waals surface area (Å²) in [6.45, 7) is 3.50. The number of sulfonamides is 1. The molecule has 14 nitrogen and oxygen atoms in total. The van der Waals surface area contributed by atoms with Crippen LogP contribution in [0.3, 0.4) is 0 Å². The Balaban J connectivity index is 1.51. The highest BCUT2D eigenvalue weighted by atomic mass is 35.5. The Morgan fingerprint density at radius 3 is 2.23 bits per heavy atom. The van der Waals surface area contributed by atoms with Crippen molar-refractivity contribution in [3.8, 4) is 17.3 Å². The number of alkyl carbamates (subject to hydrolysis) is 1. The first-order valence-electron chi connectivity index (χ1n) is 19.9. The summed E-state index contributed by atoms with van der Waals surface area (Å²) >= 11 is 6.85. The van der Waals surface area contributed by atoms with Crippen LogP contribution in [0.5, 0.6) is 11.6 Å². The molecule has 1 atom stereocenters. The van der Waals surface area contributed by atoms with Gasteiger partial charge in [-0.15, -0.1) is 0 Å². The van der Waals surface area contributed by atoms with Crippen molar-refractivity contribution in [1.29, 1.82) is 0 Å². The number of ether oxygens (including phenoxy) is 3. The number of halogens is 5. The maximum atomic E-state index is 15.1. The van der Waals surface area contributed by atoms with E-state index >= 15 is 4.79 Å². The first kappa shape index (κ1) is 46.3. The van der Waals surface area contributed by atoms with Crippen LogP contribution in [0.4, 0.5) is 28.2 Å². The van der Waals surface area contributed by atoms with E-state index in [1.54, 1.807) is 45.0 Å². The number of aromatic nitrogens is 5. The van der Waals surface area contributed by atoms with Gasteiger partial charge in [0.25, 0.3) is 12.0 Å². The molecule has 0 aliphatic rings. The summed E-state index contributed by atoms with van der Waals surface area (Å²) in [6.07, 6.45) is -3.56. The molecule has 4 aromatic carbocycles. The van der Waals surface area contributed by atoms with Crippen molar-refractivity contribution in [2.75, 3.05) is 17.7 Å². The summed E-state index contributed by atoms with van der Waals surface area (Å²) < 4.78 is 105. The van der Waals surface area contributed by atoms with E-state index in [1.165, 1.54) is 31.4 Å². The molecular weight excluding hydrogens is 894 g/mol. The standard InChI is InChI=1S/C45H42ClF4N7O7S/c1-45(2,3)64-44(59)51-34(21-28-19-29(47)22-30(48)20-28)41-53-40-32(15-18-37(52-40)63-25-27-9-7-6-8-10-27)43(58)57(41)35-17-16-33(46)38-39(35)55(24-36(49)50)54-42(38)56(65(5,60)61)23-26-11-13-31(62-4)14-12-26/h6-20,22,34,36H,21,23-25H2,1-5H3,(H,51,59). The van der Waals surface area contributed by atoms with Crippen molar-refractivity contribution in [1.82, 2.24) is 29.6 Å². The van der Waals surface area contributed by atoms with Crippen molar-refractivity contribution >= 4 is 55.5 Å². The summed E-state index contributed by atoms with van der Waals surface area (Å²) in [5, 5.41) is 6.73. The molecule has 3 aromatic heterocycles. The molecule has 0 fully saturated rings. The minimum absolute atomic E-state index is 0.0194. The summed E-state index contributed by atoms with van der Waals surface area (Å²) in [5.74, 6) is -1.96. The predicted molar refractivity (Wildman–Crippen MR) is 236 cm³/mol. The van der Waals surface area contributed by atoms with Gasteiger partial charge in [0.05, 0.1) is 53.0 Å². The highest BCUT2D eigenvalue weighted by molar-refractivity contribution is 7.92. The highest BCUT2D eigenvalue weighted by Crippen LogP contribution is 2.39. The minimum Gasteiger partial charge on any atom is -0.497 e. The number of methoxy groups -OCH3 is 1. The van der Waals surface area contributed by atoms with E-state index in [0.717, 1.165) is 37.5 Å². The van der Waals surface area contributed by atoms with Crippen LogP contribution in [0.15, 0.2) is 102 Å². The third-order valence-corrected chi connectivity index (χ3v) is 11.2. The number of hydrogen-bond donors (Lipinski definition) is 1. The zero-order valence-corrected chi connectivity index (χ0v) is 37.1. The molecule has 1 amide bonds. The van der Waals surface area contributed by atoms with E-state index in [0.29, 0.717) is 17.4 Å². The van der Waals surface area contributed by atoms with E-state index in [4.69, 9.17) is 30.8 Å². The normalized spacial score (nSPS) is 12.4. The van der Waals surface area contributed by atoms with Crippen LogP contribution in [0.1, 0.15) is 49.3 Å². The molecule has 0 saturated carbocycles. The van der Waals surface area contributed by atoms with E-state index in [9.17, 15) is 30.8 Å². The second-order valence-electron chi connectivity index (χ2n) is 15.9. The van der Waals surface area contributed by atoms with Gasteiger partial charge < -0.3 is 19.5 Å². The van der Waals surface area contributed by atoms with Crippen molar-refractivity contribution in [3.63, 3.8) is 0 Å². The number of amides is 1. The van der Waals surface area contributed by atoms with Gasteiger partial charge in [0.2, 0.25) is 15.9 Å². The fourth-order valence-corrected chi connectivity index (χ4v) is 8.14. The number of rotatable bonds is 15. The van der Waals surface area contributed by atoms with Gasteiger partial charge in [0.1, 0.15) is 42.0 Å². The lowest BCUT2D eigenvalue weighted by molar-refractivity contribution is 0.0500. The Labute approximate surface area is 375 Å². The van der Waals surface area contributed by atoms with Crippen LogP contribution in [0.2, 0.25) is 5.02 Å². The lowest BCUT2D eigenvalue weighted by Gasteiger charge is -2.26. The third kappa shape index (κ3) is 10.8. The predicted octanol–water partition coefficient (Wildman–Crippen LogP) is 8.69. The van der Waals surface area contributed by atoms with Gasteiger partial charge in [0, 0.05) is 18.6 Å². The zero-order chi connectivity index (χ0) is 46.8. The van der Waals surface area contributed by atoms with Crippen LogP contribution >= 0.6 is 11.6 Å². The number of pyridine rings is 1. The molecule has 7 rings (SSSR count). The minimum atomic E-state index is -4.23. The lowest BCUT2D eigenvalue weighted by Crippen LogP contribution is -2.39. The number of hydrogen-bond acceptors (Lipinski definition) is 10. The second kappa shape index (κ2) is 18.8. The SMILES string of the molecule is COc1ccc(CN(c2nn(CC(F)F)c3c(-n4c(C(Cc5cc(F)cc(F)c5)NC(=O)OC(C)(C)C)nc5nc(OCc6ccccc6)ccc5c4=O)ccc(Cl)c23)S(C)(=O)=O)cc1. The third-order valence-electron chi connectivity index (χ3n) is 9.80. The number of fused-ring (bicyclic) bond motifs is 2. The van der Waals surface area contributed by atoms with Gasteiger partial charge >= 0.3 is 6.09 Å². The molecule has 0 spiro atoms. The van der Waals surface area contributed by atoms with Crippen molar-refractivity contribution in [2.24, 2.45) is 0 Å². The Morgan fingerprint density at radius 1 is 0.908 bits per heavy atom. The van der Waals surface area contributed by atoms with Crippen LogP contribution in [-0.2, 0) is 40.9 Å². The van der Waals surface area contributed by atoms with E-state index in [1.807, 2.05) is 30.3 Å². The summed E-state index contributed by atoms with van der Waals surface area (Å²) in [6, 6.07) is 22.3. The van der Waals surface area contributed by atoms with Crippen molar-refractivity contribution < 1.29 is 45.0 Å². The number of alkyl halides is 2. The largest absolute Gasteiger partial charge is 0.497 e. The van der Waals surface area contributed by atoms with E-state index in [-0.39, 0.29) is 68.9 Å². The first-order valence-corrected chi connectivity index (χ1v) is 22.1. The topological polar surface area (TPSA) is 160 Å². The molecule has 1 N–H and O–H groups in total. The van der Waals surface area contributed by atoms with Crippen LogP contribution in [0, 0.1) is 11.6 Å². The number of nitrogens with zero attached hydrogens (tertiary/aromatic N) is 6. The molecule has 0 radical (unpaired) electrons. The maximum absolute atomic E-state index is 15.1. The molecule has 20 heteroatoms. The average Bonchev–Trinajstić information content (AvgIpc) is 3.59. The first-order chi connectivity index (χ1) is 30.8. The van der Waals surface area contributed by atoms with Gasteiger partial charge in [-0.05, 0) is 79.9 Å². The number of carbonyl (C=O) groups is 1. The number of carbonyl (C=O) groups excluding carboxylic acids is 1. The van der Waals surface area contributed by atoms with Crippen LogP contribution in [-0.4, -0.2) is 64.2 Å². The van der Waals surface area contributed by atoms with E-state index < -0.39 is 64.3 Å². The molecule has 0 bridgehead atoms. The molecule has 3 heterocycles. The maximum Gasteiger partial charge on any atom is 0.408 e. The monoisotopic (exact) mass is 935 g/mol. The fraction of sp³-hybridized carbons (Fsp3) is 0.267. The molecular formula is C45H42ClF4N7O7S. The number of benzene rings is 4. The Morgan fingerprint density at radius 2 is 1.60 bits per heavy atom. The Kier molecular flexibility index (Phi) is 13.4. The van der Waals surface area contributed by atoms with Crippen LogP contribution in [0.25, 0.3) is 27.6 Å². The van der Waals surface area contributed by atoms with Gasteiger partial charge in [-0.3, -0.25) is 14.0 Å². The smallest absolute Gasteiger partial charge is 0.408 e. The fourth-order valence-electron chi connectivity index (χ4n) is 7.07. The van der Waals surface area contributed by atoms with E-state index in [2.05, 4.69) is 15.4 Å². The Bertz CT molecular complexity index is 3040. The molecule has 0 aliphatic heterocycles. The summed E-state index contributed by atoms with van der Waals surface area (Å²) in [4.78, 5) is 38.0. The molecule has 1 unspecified atom stereocenters. The highest BCUT2D eigenvalue weighted by Gasteiger charge is 2.32. The molecule has 340 valence electrons. The van der Waals surface area contributed by atoms with Gasteiger partial charge in [-0.25, -0.2) is 40.1 Å². The quantitative estimate of drug-likeness (QED) is 0.0986. The lowest BCUT2D eigenvalue weighted by atomic mass is 10.0. The molecule has 0 saturated heterocycles. The summed E-state index contributed by atoms with van der Waals surface area (Å²) in [5.41, 5.74) is -1.16. The molecule has 65 heavy (non-hydrogen) atoms. The average molecular weight is 936 g/mol. The van der Waals surface area contributed by atoms with Gasteiger partial charge in [-0.2, -0.15) is 10.1 Å². The molecule has 7 aromatic rings. The van der Waals surface area contributed by atoms with Gasteiger partial charge in [0.15, 0.2) is 11.5 Å². The van der Waals surface area contributed by atoms with Crippen molar-refractivity contribution in [2.45, 2.75) is 65.0 Å². The van der Waals surface area contributed by atoms with Crippen LogP contribution < -0.4 is 24.7 Å². The van der Waals surface area contributed by atoms with Crippen molar-refractivity contribution in [3.05, 3.63) is 147 Å². The second-order valence-corrected chi connectivity index (χ2v) is 18.2. The molecule has 0 aliphatic carbocycles. The van der Waals surface area contributed by atoms with Gasteiger partial charge in [-0.1, -0.05) is 54.1 Å². The zero-order valence-electron chi connectivity index (χ0n) is 35.6. The number of nitrogens with one attached hydrogen (secondary N) is 1. The Hall–Kier alpha value is -6.73. The summed E-state index contributed by atoms with van der Waals surface area (Å²) in [7, 11) is -2.77.